The number of unbranched alkanes of at least 4 members (excludes halogenated alkanes) is 24. The molecule has 0 bridgehead atoms. The maximum atomic E-state index is 12.1. The molecule has 0 saturated carbocycles. The van der Waals surface area contributed by atoms with Crippen molar-refractivity contribution in [2.24, 2.45) is 0 Å². The first-order valence-corrected chi connectivity index (χ1v) is 17.2. The van der Waals surface area contributed by atoms with E-state index in [1.807, 2.05) is 0 Å². The fourth-order valence-electron chi connectivity index (χ4n) is 5.20. The molecule has 5 nitrogen and oxygen atoms in total. The molecule has 1 atom stereocenters. The van der Waals surface area contributed by atoms with Gasteiger partial charge in [0, 0.05) is 0 Å². The molecule has 232 valence electrons. The van der Waals surface area contributed by atoms with Gasteiger partial charge in [0.1, 0.15) is 6.04 Å². The van der Waals surface area contributed by atoms with Crippen LogP contribution < -0.4 is 5.32 Å². The van der Waals surface area contributed by atoms with Crippen LogP contribution >= 0.6 is 0 Å². The van der Waals surface area contributed by atoms with Gasteiger partial charge < -0.3 is 15.2 Å². The quantitative estimate of drug-likeness (QED) is 0.0640. The van der Waals surface area contributed by atoms with E-state index >= 15 is 0 Å². The number of carbonyl (C=O) groups is 2. The molecule has 0 aliphatic heterocycles. The lowest BCUT2D eigenvalue weighted by Gasteiger charge is -2.14. The van der Waals surface area contributed by atoms with Crippen LogP contribution in [0.25, 0.3) is 0 Å². The first kappa shape index (κ1) is 37.9. The van der Waals surface area contributed by atoms with Crippen LogP contribution in [0.5, 0.6) is 0 Å². The number of ether oxygens (including phenoxy) is 1. The van der Waals surface area contributed by atoms with Crippen molar-refractivity contribution >= 4 is 11.9 Å². The lowest BCUT2D eigenvalue weighted by Crippen LogP contribution is -2.39. The molecule has 5 heteroatoms. The molecule has 0 aliphatic rings. The van der Waals surface area contributed by atoms with Crippen LogP contribution in [0.3, 0.4) is 0 Å². The van der Waals surface area contributed by atoms with Crippen LogP contribution in [0.2, 0.25) is 0 Å². The van der Waals surface area contributed by atoms with Gasteiger partial charge in [0.25, 0.3) is 0 Å². The lowest BCUT2D eigenvalue weighted by atomic mass is 10.0. The molecule has 2 N–H and O–H groups in total. The fourth-order valence-corrected chi connectivity index (χ4v) is 5.20. The van der Waals surface area contributed by atoms with Crippen molar-refractivity contribution in [1.29, 1.82) is 0 Å². The third-order valence-electron chi connectivity index (χ3n) is 7.85. The number of carboxylic acids is 1. The monoisotopic (exact) mass is 554 g/mol. The second-order valence-corrected chi connectivity index (χ2v) is 11.8. The number of carboxylic acid groups (broad SMARTS) is 1. The van der Waals surface area contributed by atoms with E-state index in [0.29, 0.717) is 13.2 Å². The molecule has 0 amide bonds. The minimum absolute atomic E-state index is 0.0912. The summed E-state index contributed by atoms with van der Waals surface area (Å²) in [6, 6.07) is -0.846. The Labute approximate surface area is 243 Å². The molecule has 0 rings (SSSR count). The van der Waals surface area contributed by atoms with Crippen LogP contribution in [0.15, 0.2) is 0 Å². The highest BCUT2D eigenvalue weighted by Crippen LogP contribution is 2.14. The largest absolute Gasteiger partial charge is 0.480 e. The predicted octanol–water partition coefficient (Wildman–Crippen LogP) is 10.1. The maximum Gasteiger partial charge on any atom is 0.321 e. The predicted molar refractivity (Wildman–Crippen MR) is 166 cm³/mol. The Hall–Kier alpha value is -1.10. The van der Waals surface area contributed by atoms with Gasteiger partial charge in [-0.05, 0) is 19.4 Å². The Kier molecular flexibility index (Phi) is 30.5. The highest BCUT2D eigenvalue weighted by molar-refractivity contribution is 5.81. The van der Waals surface area contributed by atoms with E-state index in [1.54, 1.807) is 0 Å². The SMILES string of the molecule is CCCCCCCCCCCCCCCCCNC(CC(=O)OCCCCCCCCCCCCC)C(=O)O. The number of esters is 1. The van der Waals surface area contributed by atoms with Gasteiger partial charge in [0.05, 0.1) is 13.0 Å². The van der Waals surface area contributed by atoms with E-state index in [0.717, 1.165) is 25.7 Å². The molecule has 0 aliphatic carbocycles. The van der Waals surface area contributed by atoms with E-state index in [4.69, 9.17) is 4.74 Å². The lowest BCUT2D eigenvalue weighted by molar-refractivity contribution is -0.149. The zero-order chi connectivity index (χ0) is 28.7. The molecule has 0 aromatic heterocycles. The average molecular weight is 554 g/mol. The van der Waals surface area contributed by atoms with Crippen molar-refractivity contribution in [2.75, 3.05) is 13.2 Å². The summed E-state index contributed by atoms with van der Waals surface area (Å²) in [5, 5.41) is 12.5. The molecule has 0 saturated heterocycles. The third-order valence-corrected chi connectivity index (χ3v) is 7.85. The molecular weight excluding hydrogens is 486 g/mol. The summed E-state index contributed by atoms with van der Waals surface area (Å²) in [6.07, 6.45) is 33.4. The van der Waals surface area contributed by atoms with Crippen molar-refractivity contribution < 1.29 is 19.4 Å². The van der Waals surface area contributed by atoms with Crippen LogP contribution in [-0.4, -0.2) is 36.2 Å². The number of hydrogen-bond donors (Lipinski definition) is 2. The Morgan fingerprint density at radius 2 is 0.872 bits per heavy atom. The fraction of sp³-hybridized carbons (Fsp3) is 0.941. The zero-order valence-electron chi connectivity index (χ0n) is 26.3. The summed E-state index contributed by atoms with van der Waals surface area (Å²) < 4.78 is 5.30. The molecule has 0 aromatic rings. The first-order valence-electron chi connectivity index (χ1n) is 17.2. The highest BCUT2D eigenvalue weighted by atomic mass is 16.5. The summed E-state index contributed by atoms with van der Waals surface area (Å²) in [4.78, 5) is 23.6. The number of carbonyl (C=O) groups excluding carboxylic acids is 1. The normalized spacial score (nSPS) is 12.1. The van der Waals surface area contributed by atoms with Gasteiger partial charge in [-0.1, -0.05) is 168 Å². The van der Waals surface area contributed by atoms with Crippen molar-refractivity contribution in [3.63, 3.8) is 0 Å². The number of nitrogens with one attached hydrogen (secondary N) is 1. The van der Waals surface area contributed by atoms with Crippen molar-refractivity contribution in [1.82, 2.24) is 5.32 Å². The van der Waals surface area contributed by atoms with Crippen molar-refractivity contribution in [2.45, 2.75) is 193 Å². The zero-order valence-corrected chi connectivity index (χ0v) is 26.3. The summed E-state index contributed by atoms with van der Waals surface area (Å²) in [5.41, 5.74) is 0. The molecule has 0 fully saturated rings. The van der Waals surface area contributed by atoms with E-state index in [9.17, 15) is 14.7 Å². The van der Waals surface area contributed by atoms with Gasteiger partial charge in [-0.15, -0.1) is 0 Å². The van der Waals surface area contributed by atoms with Crippen LogP contribution in [0.4, 0.5) is 0 Å². The Bertz CT molecular complexity index is 525. The summed E-state index contributed by atoms with van der Waals surface area (Å²) in [5.74, 6) is -1.37. The summed E-state index contributed by atoms with van der Waals surface area (Å²) in [6.45, 7) is 5.57. The molecule has 0 heterocycles. The smallest absolute Gasteiger partial charge is 0.321 e. The van der Waals surface area contributed by atoms with Crippen molar-refractivity contribution in [3.05, 3.63) is 0 Å². The highest BCUT2D eigenvalue weighted by Gasteiger charge is 2.21. The topological polar surface area (TPSA) is 75.6 Å². The third kappa shape index (κ3) is 29.7. The van der Waals surface area contributed by atoms with E-state index in [-0.39, 0.29) is 6.42 Å². The van der Waals surface area contributed by atoms with Crippen LogP contribution in [-0.2, 0) is 14.3 Å². The Morgan fingerprint density at radius 3 is 1.23 bits per heavy atom. The molecule has 0 aromatic carbocycles. The average Bonchev–Trinajstić information content (AvgIpc) is 2.92. The van der Waals surface area contributed by atoms with Gasteiger partial charge in [0.2, 0.25) is 0 Å². The van der Waals surface area contributed by atoms with Crippen molar-refractivity contribution in [3.8, 4) is 0 Å². The van der Waals surface area contributed by atoms with Gasteiger partial charge in [-0.3, -0.25) is 9.59 Å². The minimum atomic E-state index is -0.970. The van der Waals surface area contributed by atoms with Gasteiger partial charge in [-0.2, -0.15) is 0 Å². The molecule has 0 radical (unpaired) electrons. The second kappa shape index (κ2) is 31.4. The number of hydrogen-bond acceptors (Lipinski definition) is 4. The number of aliphatic carboxylic acids is 1. The summed E-state index contributed by atoms with van der Waals surface area (Å²) in [7, 11) is 0. The van der Waals surface area contributed by atoms with E-state index in [1.165, 1.54) is 141 Å². The first-order chi connectivity index (χ1) is 19.1. The standard InChI is InChI=1S/C34H67NO4/c1-3-5-7-9-11-13-15-16-17-18-19-21-23-25-27-29-35-32(34(37)38)31-33(36)39-30-28-26-24-22-20-14-12-10-8-6-4-2/h32,35H,3-31H2,1-2H3,(H,37,38). The van der Waals surface area contributed by atoms with Gasteiger partial charge in [0.15, 0.2) is 0 Å². The second-order valence-electron chi connectivity index (χ2n) is 11.8. The minimum Gasteiger partial charge on any atom is -0.480 e. The molecule has 39 heavy (non-hydrogen) atoms. The van der Waals surface area contributed by atoms with Crippen LogP contribution in [0, 0.1) is 0 Å². The Balaban J connectivity index is 3.52. The van der Waals surface area contributed by atoms with Gasteiger partial charge >= 0.3 is 11.9 Å². The molecular formula is C34H67NO4. The van der Waals surface area contributed by atoms with Crippen LogP contribution in [0.1, 0.15) is 187 Å². The van der Waals surface area contributed by atoms with E-state index in [2.05, 4.69) is 19.2 Å². The summed E-state index contributed by atoms with van der Waals surface area (Å²) >= 11 is 0. The van der Waals surface area contributed by atoms with E-state index < -0.39 is 18.0 Å². The molecule has 0 spiro atoms. The molecule has 1 unspecified atom stereocenters. The maximum absolute atomic E-state index is 12.1. The Morgan fingerprint density at radius 1 is 0.538 bits per heavy atom. The van der Waals surface area contributed by atoms with Gasteiger partial charge in [-0.25, -0.2) is 0 Å². The number of rotatable bonds is 32.